The van der Waals surface area contributed by atoms with Crippen LogP contribution >= 0.6 is 0 Å². The summed E-state index contributed by atoms with van der Waals surface area (Å²) in [6.07, 6.45) is 1.91. The minimum absolute atomic E-state index is 0.0753. The van der Waals surface area contributed by atoms with E-state index in [1.165, 1.54) is 24.3 Å². The van der Waals surface area contributed by atoms with Crippen molar-refractivity contribution in [2.75, 3.05) is 13.1 Å². The predicted octanol–water partition coefficient (Wildman–Crippen LogP) is 0.894. The molecule has 1 fully saturated rings. The first-order valence-corrected chi connectivity index (χ1v) is 5.71. The van der Waals surface area contributed by atoms with Crippen molar-refractivity contribution in [3.63, 3.8) is 0 Å². The number of hydrogen-bond donors (Lipinski definition) is 2. The van der Waals surface area contributed by atoms with Gasteiger partial charge < -0.3 is 5.32 Å². The molecule has 0 aliphatic carbocycles. The van der Waals surface area contributed by atoms with Crippen molar-refractivity contribution in [1.82, 2.24) is 10.3 Å². The van der Waals surface area contributed by atoms with Crippen molar-refractivity contribution in [2.24, 2.45) is 5.84 Å². The van der Waals surface area contributed by atoms with Gasteiger partial charge >= 0.3 is 0 Å². The standard InChI is InChI=1S/C12H16FN3O/c13-10-5-3-9(4-6-10)12(17)15-11-2-1-7-16(14)8-11/h3-6,11H,1-2,7-8,14H2,(H,15,17)/t11-/m1/s1. The number of piperidine rings is 1. The Morgan fingerprint density at radius 1 is 1.41 bits per heavy atom. The first-order chi connectivity index (χ1) is 8.15. The number of hydrazine groups is 1. The van der Waals surface area contributed by atoms with Gasteiger partial charge in [0.2, 0.25) is 0 Å². The molecule has 4 nitrogen and oxygen atoms in total. The van der Waals surface area contributed by atoms with Gasteiger partial charge in [0.1, 0.15) is 5.82 Å². The smallest absolute Gasteiger partial charge is 0.251 e. The fraction of sp³-hybridized carbons (Fsp3) is 0.417. The topological polar surface area (TPSA) is 58.4 Å². The quantitative estimate of drug-likeness (QED) is 0.751. The van der Waals surface area contributed by atoms with Gasteiger partial charge in [-0.15, -0.1) is 0 Å². The largest absolute Gasteiger partial charge is 0.348 e. The summed E-state index contributed by atoms with van der Waals surface area (Å²) >= 11 is 0. The molecule has 1 aromatic rings. The number of nitrogens with one attached hydrogen (secondary N) is 1. The Morgan fingerprint density at radius 2 is 2.12 bits per heavy atom. The van der Waals surface area contributed by atoms with Crippen LogP contribution in [0, 0.1) is 5.82 Å². The lowest BCUT2D eigenvalue weighted by Crippen LogP contribution is -2.50. The molecule has 1 heterocycles. The number of nitrogens with zero attached hydrogens (tertiary/aromatic N) is 1. The van der Waals surface area contributed by atoms with Crippen LogP contribution < -0.4 is 11.2 Å². The fourth-order valence-corrected chi connectivity index (χ4v) is 1.99. The Kier molecular flexibility index (Phi) is 3.71. The van der Waals surface area contributed by atoms with Crippen molar-refractivity contribution in [2.45, 2.75) is 18.9 Å². The third kappa shape index (κ3) is 3.25. The van der Waals surface area contributed by atoms with Crippen LogP contribution in [0.4, 0.5) is 4.39 Å². The molecule has 17 heavy (non-hydrogen) atoms. The second-order valence-electron chi connectivity index (χ2n) is 4.31. The Morgan fingerprint density at radius 3 is 2.76 bits per heavy atom. The van der Waals surface area contributed by atoms with Crippen molar-refractivity contribution in [3.8, 4) is 0 Å². The molecule has 1 aromatic carbocycles. The van der Waals surface area contributed by atoms with Crippen molar-refractivity contribution >= 4 is 5.91 Å². The molecule has 1 amide bonds. The van der Waals surface area contributed by atoms with Gasteiger partial charge in [0.25, 0.3) is 5.91 Å². The van der Waals surface area contributed by atoms with Gasteiger partial charge in [-0.3, -0.25) is 10.6 Å². The second kappa shape index (κ2) is 5.25. The van der Waals surface area contributed by atoms with Gasteiger partial charge in [-0.25, -0.2) is 9.40 Å². The normalized spacial score (nSPS) is 21.2. The van der Waals surface area contributed by atoms with E-state index >= 15 is 0 Å². The molecule has 0 radical (unpaired) electrons. The van der Waals surface area contributed by atoms with Crippen LogP contribution in [0.1, 0.15) is 23.2 Å². The number of carbonyl (C=O) groups excluding carboxylic acids is 1. The Labute approximate surface area is 99.6 Å². The molecule has 0 bridgehead atoms. The van der Waals surface area contributed by atoms with Gasteiger partial charge in [0, 0.05) is 24.7 Å². The van der Waals surface area contributed by atoms with Crippen LogP contribution in [-0.2, 0) is 0 Å². The van der Waals surface area contributed by atoms with E-state index in [0.717, 1.165) is 19.4 Å². The molecule has 0 unspecified atom stereocenters. The van der Waals surface area contributed by atoms with E-state index in [0.29, 0.717) is 12.1 Å². The fourth-order valence-electron chi connectivity index (χ4n) is 1.99. The summed E-state index contributed by atoms with van der Waals surface area (Å²) in [7, 11) is 0. The highest BCUT2D eigenvalue weighted by molar-refractivity contribution is 5.94. The third-order valence-corrected chi connectivity index (χ3v) is 2.89. The van der Waals surface area contributed by atoms with Crippen LogP contribution in [0.3, 0.4) is 0 Å². The maximum absolute atomic E-state index is 12.7. The Balaban J connectivity index is 1.94. The van der Waals surface area contributed by atoms with Crippen molar-refractivity contribution in [1.29, 1.82) is 0 Å². The summed E-state index contributed by atoms with van der Waals surface area (Å²) in [6, 6.07) is 5.60. The number of hydrogen-bond acceptors (Lipinski definition) is 3. The monoisotopic (exact) mass is 237 g/mol. The number of benzene rings is 1. The van der Waals surface area contributed by atoms with Crippen LogP contribution in [0.5, 0.6) is 0 Å². The number of amides is 1. The molecule has 5 heteroatoms. The van der Waals surface area contributed by atoms with Crippen molar-refractivity contribution < 1.29 is 9.18 Å². The molecule has 92 valence electrons. The van der Waals surface area contributed by atoms with Gasteiger partial charge in [0.05, 0.1) is 0 Å². The summed E-state index contributed by atoms with van der Waals surface area (Å²) in [6.45, 7) is 1.52. The maximum atomic E-state index is 12.7. The molecular formula is C12H16FN3O. The zero-order chi connectivity index (χ0) is 12.3. The lowest BCUT2D eigenvalue weighted by molar-refractivity contribution is 0.0904. The SMILES string of the molecule is NN1CCC[C@@H](NC(=O)c2ccc(F)cc2)C1. The number of nitrogens with two attached hydrogens (primary N) is 1. The van der Waals surface area contributed by atoms with Crippen LogP contribution in [0.15, 0.2) is 24.3 Å². The van der Waals surface area contributed by atoms with E-state index in [4.69, 9.17) is 5.84 Å². The molecule has 1 aliphatic rings. The Hall–Kier alpha value is -1.46. The summed E-state index contributed by atoms with van der Waals surface area (Å²) in [5, 5.41) is 4.61. The summed E-state index contributed by atoms with van der Waals surface area (Å²) in [4.78, 5) is 11.8. The van der Waals surface area contributed by atoms with Crippen LogP contribution in [0.25, 0.3) is 0 Å². The van der Waals surface area contributed by atoms with Gasteiger partial charge in [-0.05, 0) is 37.1 Å². The minimum atomic E-state index is -0.340. The Bertz CT molecular complexity index is 393. The van der Waals surface area contributed by atoms with Gasteiger partial charge in [-0.1, -0.05) is 0 Å². The molecule has 0 spiro atoms. The highest BCUT2D eigenvalue weighted by Gasteiger charge is 2.19. The van der Waals surface area contributed by atoms with Gasteiger partial charge in [-0.2, -0.15) is 0 Å². The molecule has 1 saturated heterocycles. The number of carbonyl (C=O) groups is 1. The molecular weight excluding hydrogens is 221 g/mol. The highest BCUT2D eigenvalue weighted by atomic mass is 19.1. The minimum Gasteiger partial charge on any atom is -0.348 e. The van der Waals surface area contributed by atoms with E-state index in [-0.39, 0.29) is 17.8 Å². The zero-order valence-electron chi connectivity index (χ0n) is 9.53. The van der Waals surface area contributed by atoms with E-state index in [1.807, 2.05) is 0 Å². The van der Waals surface area contributed by atoms with E-state index in [9.17, 15) is 9.18 Å². The zero-order valence-corrected chi connectivity index (χ0v) is 9.53. The molecule has 2 rings (SSSR count). The number of halogens is 1. The second-order valence-corrected chi connectivity index (χ2v) is 4.31. The van der Waals surface area contributed by atoms with Gasteiger partial charge in [0.15, 0.2) is 0 Å². The maximum Gasteiger partial charge on any atom is 0.251 e. The predicted molar refractivity (Wildman–Crippen MR) is 62.6 cm³/mol. The number of rotatable bonds is 2. The van der Waals surface area contributed by atoms with Crippen LogP contribution in [0.2, 0.25) is 0 Å². The first kappa shape index (κ1) is 12.0. The van der Waals surface area contributed by atoms with Crippen molar-refractivity contribution in [3.05, 3.63) is 35.6 Å². The molecule has 1 aliphatic heterocycles. The van der Waals surface area contributed by atoms with Crippen LogP contribution in [-0.4, -0.2) is 30.0 Å². The van der Waals surface area contributed by atoms with E-state index in [1.54, 1.807) is 5.01 Å². The summed E-state index contributed by atoms with van der Waals surface area (Å²) < 4.78 is 12.7. The molecule has 1 atom stereocenters. The van der Waals surface area contributed by atoms with E-state index < -0.39 is 0 Å². The first-order valence-electron chi connectivity index (χ1n) is 5.71. The summed E-state index contributed by atoms with van der Waals surface area (Å²) in [5.74, 6) is 5.18. The molecule has 0 aromatic heterocycles. The van der Waals surface area contributed by atoms with E-state index in [2.05, 4.69) is 5.32 Å². The molecule has 0 saturated carbocycles. The average Bonchev–Trinajstić information content (AvgIpc) is 2.29. The lowest BCUT2D eigenvalue weighted by Gasteiger charge is -2.29. The highest BCUT2D eigenvalue weighted by Crippen LogP contribution is 2.08. The average molecular weight is 237 g/mol. The molecule has 3 N–H and O–H groups in total. The lowest BCUT2D eigenvalue weighted by atomic mass is 10.1. The third-order valence-electron chi connectivity index (χ3n) is 2.89. The summed E-state index contributed by atoms with van der Waals surface area (Å²) in [5.41, 5.74) is 0.473.